The molecule has 0 unspecified atom stereocenters. The van der Waals surface area contributed by atoms with Crippen molar-refractivity contribution in [3.05, 3.63) is 0 Å². The quantitative estimate of drug-likeness (QED) is 0.412. The van der Waals surface area contributed by atoms with Gasteiger partial charge in [-0.2, -0.15) is 0 Å². The minimum atomic E-state index is -2.46. The first kappa shape index (κ1) is 15.4. The number of hydrogen-bond donors (Lipinski definition) is 1. The van der Waals surface area contributed by atoms with E-state index in [0.717, 1.165) is 0 Å². The molecule has 7 nitrogen and oxygen atoms in total. The van der Waals surface area contributed by atoms with Gasteiger partial charge in [0.15, 0.2) is 0 Å². The standard InChI is InChI=1S/C10H16O7/c11-7(12)4-2-1-3-5-10(17,9(15)16)6-8(13)14/h17H,1-6H2,(H,11,12)(H,13,14)(H,15,16)/p-3/t10-/m1/s1. The summed E-state index contributed by atoms with van der Waals surface area (Å²) in [6.07, 6.45) is -0.741. The maximum absolute atomic E-state index is 10.6. The average molecular weight is 245 g/mol. The highest BCUT2D eigenvalue weighted by atomic mass is 16.4. The van der Waals surface area contributed by atoms with Gasteiger partial charge in [0.1, 0.15) is 5.60 Å². The van der Waals surface area contributed by atoms with Crippen molar-refractivity contribution in [3.8, 4) is 0 Å². The zero-order chi connectivity index (χ0) is 13.5. The predicted octanol–water partition coefficient (Wildman–Crippen LogP) is -3.69. The normalized spacial score (nSPS) is 13.9. The smallest absolute Gasteiger partial charge is 0.109 e. The number of hydrogen-bond acceptors (Lipinski definition) is 7. The summed E-state index contributed by atoms with van der Waals surface area (Å²) in [5.41, 5.74) is -2.46. The Morgan fingerprint density at radius 2 is 1.53 bits per heavy atom. The Labute approximate surface area is 97.7 Å². The number of unbranched alkanes of at least 4 members (excludes halogenated alkanes) is 2. The van der Waals surface area contributed by atoms with Crippen molar-refractivity contribution < 1.29 is 34.8 Å². The summed E-state index contributed by atoms with van der Waals surface area (Å²) in [7, 11) is 0. The lowest BCUT2D eigenvalue weighted by molar-refractivity contribution is -0.334. The Bertz CT molecular complexity index is 299. The van der Waals surface area contributed by atoms with Crippen molar-refractivity contribution >= 4 is 17.9 Å². The zero-order valence-electron chi connectivity index (χ0n) is 9.14. The van der Waals surface area contributed by atoms with E-state index >= 15 is 0 Å². The zero-order valence-corrected chi connectivity index (χ0v) is 9.14. The Hall–Kier alpha value is -1.63. The molecule has 0 aliphatic heterocycles. The number of carbonyl (C=O) groups excluding carboxylic acids is 3. The fourth-order valence-corrected chi connectivity index (χ4v) is 1.36. The molecular formula is C10H13O7-3. The highest BCUT2D eigenvalue weighted by molar-refractivity contribution is 5.81. The molecule has 0 bridgehead atoms. The van der Waals surface area contributed by atoms with Crippen molar-refractivity contribution in [2.24, 2.45) is 0 Å². The highest BCUT2D eigenvalue weighted by Gasteiger charge is 2.28. The second-order valence-electron chi connectivity index (χ2n) is 3.80. The van der Waals surface area contributed by atoms with Gasteiger partial charge in [-0.05, 0) is 19.3 Å². The van der Waals surface area contributed by atoms with Crippen LogP contribution in [0.15, 0.2) is 0 Å². The summed E-state index contributed by atoms with van der Waals surface area (Å²) >= 11 is 0. The predicted molar refractivity (Wildman–Crippen MR) is 47.7 cm³/mol. The lowest BCUT2D eigenvalue weighted by atomic mass is 9.92. The summed E-state index contributed by atoms with van der Waals surface area (Å²) in [6.45, 7) is 0. The van der Waals surface area contributed by atoms with Crippen LogP contribution in [0.4, 0.5) is 0 Å². The van der Waals surface area contributed by atoms with Crippen molar-refractivity contribution in [3.63, 3.8) is 0 Å². The van der Waals surface area contributed by atoms with E-state index in [2.05, 4.69) is 0 Å². The van der Waals surface area contributed by atoms with E-state index in [1.807, 2.05) is 0 Å². The van der Waals surface area contributed by atoms with Gasteiger partial charge in [0.05, 0.1) is 5.97 Å². The van der Waals surface area contributed by atoms with Crippen LogP contribution >= 0.6 is 0 Å². The van der Waals surface area contributed by atoms with Gasteiger partial charge >= 0.3 is 0 Å². The van der Waals surface area contributed by atoms with Gasteiger partial charge in [0, 0.05) is 18.4 Å². The summed E-state index contributed by atoms with van der Waals surface area (Å²) in [5.74, 6) is -4.78. The van der Waals surface area contributed by atoms with Crippen LogP contribution in [0.25, 0.3) is 0 Å². The highest BCUT2D eigenvalue weighted by Crippen LogP contribution is 2.18. The SMILES string of the molecule is O=C([O-])CCCCC[C@@](O)(CC(=O)[O-])C(=O)[O-]. The molecule has 0 saturated heterocycles. The molecule has 1 N–H and O–H groups in total. The number of carboxylic acid groups (broad SMARTS) is 3. The van der Waals surface area contributed by atoms with Crippen LogP contribution in [0.1, 0.15) is 38.5 Å². The van der Waals surface area contributed by atoms with Crippen LogP contribution in [0.2, 0.25) is 0 Å². The third kappa shape index (κ3) is 6.52. The molecule has 0 fully saturated rings. The second-order valence-corrected chi connectivity index (χ2v) is 3.80. The molecule has 0 aromatic heterocycles. The number of aliphatic carboxylic acids is 3. The number of aliphatic hydroxyl groups is 1. The Kier molecular flexibility index (Phi) is 6.19. The van der Waals surface area contributed by atoms with Crippen LogP contribution in [0.5, 0.6) is 0 Å². The third-order valence-electron chi connectivity index (χ3n) is 2.29. The molecule has 0 radical (unpaired) electrons. The molecule has 0 saturated carbocycles. The number of rotatable bonds is 9. The summed E-state index contributed by atoms with van der Waals surface area (Å²) in [6, 6.07) is 0. The topological polar surface area (TPSA) is 141 Å². The monoisotopic (exact) mass is 245 g/mol. The fraction of sp³-hybridized carbons (Fsp3) is 0.700. The second kappa shape index (κ2) is 6.85. The van der Waals surface area contributed by atoms with Gasteiger partial charge in [-0.3, -0.25) is 0 Å². The maximum Gasteiger partial charge on any atom is 0.109 e. The molecule has 0 aliphatic carbocycles. The molecule has 0 aromatic rings. The molecule has 17 heavy (non-hydrogen) atoms. The van der Waals surface area contributed by atoms with E-state index in [9.17, 15) is 34.8 Å². The van der Waals surface area contributed by atoms with Crippen LogP contribution in [-0.2, 0) is 14.4 Å². The van der Waals surface area contributed by atoms with Gasteiger partial charge in [0.2, 0.25) is 0 Å². The lowest BCUT2D eigenvalue weighted by Gasteiger charge is -2.29. The van der Waals surface area contributed by atoms with Crippen LogP contribution in [-0.4, -0.2) is 28.6 Å². The Morgan fingerprint density at radius 1 is 0.941 bits per heavy atom. The summed E-state index contributed by atoms with van der Waals surface area (Å²) in [5, 5.41) is 40.3. The van der Waals surface area contributed by atoms with E-state index in [-0.39, 0.29) is 25.7 Å². The van der Waals surface area contributed by atoms with Crippen LogP contribution < -0.4 is 15.3 Å². The van der Waals surface area contributed by atoms with Gasteiger partial charge in [-0.15, -0.1) is 0 Å². The first-order valence-corrected chi connectivity index (χ1v) is 5.11. The first-order valence-electron chi connectivity index (χ1n) is 5.11. The van der Waals surface area contributed by atoms with E-state index < -0.39 is 29.9 Å². The molecule has 0 aliphatic rings. The molecule has 98 valence electrons. The average Bonchev–Trinajstić information content (AvgIpc) is 2.15. The van der Waals surface area contributed by atoms with Crippen LogP contribution in [0, 0.1) is 0 Å². The van der Waals surface area contributed by atoms with Crippen LogP contribution in [0.3, 0.4) is 0 Å². The minimum absolute atomic E-state index is 0.162. The number of carboxylic acids is 3. The van der Waals surface area contributed by atoms with E-state index in [0.29, 0.717) is 6.42 Å². The molecule has 7 heteroatoms. The summed E-state index contributed by atoms with van der Waals surface area (Å²) < 4.78 is 0. The van der Waals surface area contributed by atoms with Crippen molar-refractivity contribution in [2.45, 2.75) is 44.1 Å². The Balaban J connectivity index is 4.06. The van der Waals surface area contributed by atoms with E-state index in [4.69, 9.17) is 0 Å². The maximum atomic E-state index is 10.6. The lowest BCUT2D eigenvalue weighted by Crippen LogP contribution is -2.51. The fourth-order valence-electron chi connectivity index (χ4n) is 1.36. The molecule has 0 heterocycles. The Morgan fingerprint density at radius 3 is 1.94 bits per heavy atom. The third-order valence-corrected chi connectivity index (χ3v) is 2.29. The van der Waals surface area contributed by atoms with Gasteiger partial charge < -0.3 is 34.8 Å². The molecule has 0 spiro atoms. The van der Waals surface area contributed by atoms with Gasteiger partial charge in [-0.1, -0.05) is 12.8 Å². The first-order chi connectivity index (χ1) is 7.78. The van der Waals surface area contributed by atoms with Crippen molar-refractivity contribution in [2.75, 3.05) is 0 Å². The van der Waals surface area contributed by atoms with Crippen molar-refractivity contribution in [1.82, 2.24) is 0 Å². The number of carbonyl (C=O) groups is 3. The van der Waals surface area contributed by atoms with Gasteiger partial charge in [0.25, 0.3) is 0 Å². The van der Waals surface area contributed by atoms with E-state index in [1.54, 1.807) is 0 Å². The minimum Gasteiger partial charge on any atom is -0.550 e. The summed E-state index contributed by atoms with van der Waals surface area (Å²) in [4.78, 5) is 30.9. The molecule has 1 atom stereocenters. The molecule has 0 rings (SSSR count). The van der Waals surface area contributed by atoms with E-state index in [1.165, 1.54) is 0 Å². The molecule has 0 aromatic carbocycles. The molecule has 0 amide bonds. The molecular weight excluding hydrogens is 232 g/mol. The van der Waals surface area contributed by atoms with Gasteiger partial charge in [-0.25, -0.2) is 0 Å². The van der Waals surface area contributed by atoms with Crippen molar-refractivity contribution in [1.29, 1.82) is 0 Å². The largest absolute Gasteiger partial charge is 0.550 e.